The summed E-state index contributed by atoms with van der Waals surface area (Å²) in [6, 6.07) is 0. The fourth-order valence-corrected chi connectivity index (χ4v) is 7.23. The van der Waals surface area contributed by atoms with E-state index in [2.05, 4.69) is 42.0 Å². The fraction of sp³-hybridized carbons (Fsp3) is 0.818. The Morgan fingerprint density at radius 3 is 1.75 bits per heavy atom. The summed E-state index contributed by atoms with van der Waals surface area (Å²) in [5.41, 5.74) is 0. The summed E-state index contributed by atoms with van der Waals surface area (Å²) < 4.78 is 47.7. The van der Waals surface area contributed by atoms with E-state index in [-0.39, 0.29) is 12.8 Å². The molecule has 0 spiro atoms. The summed E-state index contributed by atoms with van der Waals surface area (Å²) in [5.74, 6) is -0.442. The maximum absolute atomic E-state index is 12.7. The van der Waals surface area contributed by atoms with Gasteiger partial charge in [0.25, 0.3) is 0 Å². The molecule has 0 radical (unpaired) electrons. The fourth-order valence-electron chi connectivity index (χ4n) is 6.07. The minimum atomic E-state index is -4.88. The maximum atomic E-state index is 12.7. The monoisotopic (exact) mass is 897 g/mol. The molecule has 352 valence electrons. The van der Waals surface area contributed by atoms with Gasteiger partial charge in [0.05, 0.1) is 25.9 Å². The van der Waals surface area contributed by atoms with Crippen LogP contribution in [0.1, 0.15) is 181 Å². The van der Waals surface area contributed by atoms with Crippen molar-refractivity contribution in [2.45, 2.75) is 200 Å². The van der Waals surface area contributed by atoms with Gasteiger partial charge in [-0.2, -0.15) is 0 Å². The zero-order valence-corrected chi connectivity index (χ0v) is 38.9. The molecule has 4 atom stereocenters. The third-order valence-electron chi connectivity index (χ3n) is 9.55. The number of phosphoric acid groups is 2. The van der Waals surface area contributed by atoms with E-state index < -0.39 is 72.3 Å². The lowest BCUT2D eigenvalue weighted by Crippen LogP contribution is -2.30. The molecule has 0 fully saturated rings. The molecule has 5 N–H and O–H groups in total. The molecule has 0 aliphatic heterocycles. The van der Waals surface area contributed by atoms with E-state index >= 15 is 0 Å². The third kappa shape index (κ3) is 43.0. The Morgan fingerprint density at radius 1 is 0.583 bits per heavy atom. The second-order valence-corrected chi connectivity index (χ2v) is 18.7. The van der Waals surface area contributed by atoms with E-state index in [9.17, 15) is 33.8 Å². The van der Waals surface area contributed by atoms with Crippen LogP contribution in [0.5, 0.6) is 0 Å². The molecule has 0 aromatic rings. The molecule has 0 aromatic carbocycles. The standard InChI is InChI=1S/C44H82O14P2/c1-4-5-6-7-8-9-10-11-15-18-21-24-27-31-40(45)32-29-34-43(47)54-37-42(38-57-60(52,53)56-36-41(46)35-55-59(49,50)51)58-44(48)33-28-25-22-19-16-13-12-14-17-20-23-26-30-39(2)3/h11,15,21,24,27,31,39-42,45-46H,4-10,12-14,16-20,22-23,25-26,28-30,32-38H2,1-3H3,(H,52,53)(H2,49,50,51)/b15-11+,24-21+,31-27+/t40?,41-,42+/m0/s1. The number of hydrogen-bond acceptors (Lipinski definition) is 11. The smallest absolute Gasteiger partial charge is 0.462 e. The van der Waals surface area contributed by atoms with E-state index in [0.29, 0.717) is 19.3 Å². The number of aliphatic hydroxyl groups excluding tert-OH is 2. The molecule has 60 heavy (non-hydrogen) atoms. The van der Waals surface area contributed by atoms with Gasteiger partial charge in [-0.25, -0.2) is 9.13 Å². The number of ether oxygens (including phenoxy) is 2. The molecular weight excluding hydrogens is 814 g/mol. The Kier molecular flexibility index (Phi) is 37.8. The Labute approximate surface area is 361 Å². The van der Waals surface area contributed by atoms with Gasteiger partial charge in [-0.3, -0.25) is 23.2 Å². The van der Waals surface area contributed by atoms with Gasteiger partial charge in [-0.15, -0.1) is 0 Å². The normalized spacial score (nSPS) is 14.9. The van der Waals surface area contributed by atoms with Crippen LogP contribution in [0, 0.1) is 5.92 Å². The zero-order valence-electron chi connectivity index (χ0n) is 37.1. The Hall–Kier alpha value is -1.70. The van der Waals surface area contributed by atoms with Crippen molar-refractivity contribution in [3.63, 3.8) is 0 Å². The van der Waals surface area contributed by atoms with Gasteiger partial charge in [0, 0.05) is 12.8 Å². The molecule has 0 aliphatic rings. The number of phosphoric ester groups is 2. The van der Waals surface area contributed by atoms with Gasteiger partial charge in [0.1, 0.15) is 12.7 Å². The van der Waals surface area contributed by atoms with Crippen LogP contribution in [0.15, 0.2) is 36.5 Å². The summed E-state index contributed by atoms with van der Waals surface area (Å²) in [4.78, 5) is 52.7. The van der Waals surface area contributed by atoms with Crippen molar-refractivity contribution in [3.8, 4) is 0 Å². The van der Waals surface area contributed by atoms with Crippen LogP contribution < -0.4 is 0 Å². The first-order valence-electron chi connectivity index (χ1n) is 22.6. The summed E-state index contributed by atoms with van der Waals surface area (Å²) >= 11 is 0. The first-order chi connectivity index (χ1) is 28.6. The van der Waals surface area contributed by atoms with E-state index in [4.69, 9.17) is 23.8 Å². The number of carbonyl (C=O) groups excluding carboxylic acids is 2. The van der Waals surface area contributed by atoms with Gasteiger partial charge in [-0.1, -0.05) is 166 Å². The number of allylic oxidation sites excluding steroid dienone is 5. The Morgan fingerprint density at radius 2 is 1.13 bits per heavy atom. The van der Waals surface area contributed by atoms with E-state index in [1.165, 1.54) is 89.9 Å². The van der Waals surface area contributed by atoms with E-state index in [1.807, 2.05) is 12.2 Å². The molecule has 0 aromatic heterocycles. The SMILES string of the molecule is CCCCCCCC/C=C/C/C=C/C=C/C(O)CCCC(=O)OC[C@H](COP(=O)(O)OC[C@@H](O)COP(=O)(O)O)OC(=O)CCCCCCCCCCCCCCC(C)C. The molecule has 16 heteroatoms. The second-order valence-electron chi connectivity index (χ2n) is 16.0. The average molecular weight is 897 g/mol. The first-order valence-corrected chi connectivity index (χ1v) is 25.7. The highest BCUT2D eigenvalue weighted by Gasteiger charge is 2.28. The van der Waals surface area contributed by atoms with Gasteiger partial charge < -0.3 is 34.4 Å². The highest BCUT2D eigenvalue weighted by atomic mass is 31.2. The lowest BCUT2D eigenvalue weighted by molar-refractivity contribution is -0.161. The van der Waals surface area contributed by atoms with Gasteiger partial charge in [0.2, 0.25) is 0 Å². The largest absolute Gasteiger partial charge is 0.472 e. The molecule has 0 aliphatic carbocycles. The van der Waals surface area contributed by atoms with Crippen LogP contribution in [0.4, 0.5) is 0 Å². The minimum absolute atomic E-state index is 0.0275. The summed E-state index contributed by atoms with van der Waals surface area (Å²) in [6.07, 6.45) is 33.2. The topological polar surface area (TPSA) is 216 Å². The minimum Gasteiger partial charge on any atom is -0.462 e. The zero-order chi connectivity index (χ0) is 44.7. The number of hydrogen-bond donors (Lipinski definition) is 5. The number of aliphatic hydroxyl groups is 2. The van der Waals surface area contributed by atoms with Crippen LogP contribution in [0.25, 0.3) is 0 Å². The lowest BCUT2D eigenvalue weighted by Gasteiger charge is -2.20. The predicted molar refractivity (Wildman–Crippen MR) is 236 cm³/mol. The number of rotatable bonds is 42. The van der Waals surface area contributed by atoms with Crippen LogP contribution in [-0.2, 0) is 41.8 Å². The molecule has 0 saturated carbocycles. The van der Waals surface area contributed by atoms with Crippen molar-refractivity contribution < 1.29 is 66.7 Å². The number of esters is 2. The van der Waals surface area contributed by atoms with Crippen molar-refractivity contribution >= 4 is 27.6 Å². The molecule has 0 heterocycles. The van der Waals surface area contributed by atoms with Crippen LogP contribution in [0.2, 0.25) is 0 Å². The van der Waals surface area contributed by atoms with Gasteiger partial charge in [0.15, 0.2) is 6.10 Å². The van der Waals surface area contributed by atoms with Gasteiger partial charge in [-0.05, 0) is 44.4 Å². The highest BCUT2D eigenvalue weighted by molar-refractivity contribution is 7.47. The predicted octanol–water partition coefficient (Wildman–Crippen LogP) is 10.5. The Balaban J connectivity index is 4.66. The second kappa shape index (κ2) is 38.9. The molecular formula is C44H82O14P2. The lowest BCUT2D eigenvalue weighted by atomic mass is 10.0. The highest BCUT2D eigenvalue weighted by Crippen LogP contribution is 2.43. The maximum Gasteiger partial charge on any atom is 0.472 e. The quantitative estimate of drug-likeness (QED) is 0.0127. The molecule has 0 rings (SSSR count). The molecule has 0 saturated heterocycles. The molecule has 14 nitrogen and oxygen atoms in total. The number of unbranched alkanes of at least 4 members (excludes halogenated alkanes) is 17. The Bertz CT molecular complexity index is 1240. The molecule has 0 amide bonds. The van der Waals surface area contributed by atoms with Crippen LogP contribution in [0.3, 0.4) is 0 Å². The first kappa shape index (κ1) is 58.3. The molecule has 0 bridgehead atoms. The summed E-state index contributed by atoms with van der Waals surface area (Å²) in [6.45, 7) is 3.86. The van der Waals surface area contributed by atoms with Crippen molar-refractivity contribution in [2.24, 2.45) is 5.92 Å². The van der Waals surface area contributed by atoms with Crippen LogP contribution in [-0.4, -0.2) is 81.6 Å². The van der Waals surface area contributed by atoms with Gasteiger partial charge >= 0.3 is 27.6 Å². The van der Waals surface area contributed by atoms with Crippen molar-refractivity contribution in [3.05, 3.63) is 36.5 Å². The molecule has 2 unspecified atom stereocenters. The number of carbonyl (C=O) groups is 2. The van der Waals surface area contributed by atoms with Crippen molar-refractivity contribution in [1.29, 1.82) is 0 Å². The average Bonchev–Trinajstić information content (AvgIpc) is 3.18. The van der Waals surface area contributed by atoms with Crippen molar-refractivity contribution in [2.75, 3.05) is 26.4 Å². The summed E-state index contributed by atoms with van der Waals surface area (Å²) in [5, 5.41) is 20.0. The van der Waals surface area contributed by atoms with Crippen LogP contribution >= 0.6 is 15.6 Å². The third-order valence-corrected chi connectivity index (χ3v) is 11.0. The summed E-state index contributed by atoms with van der Waals surface area (Å²) in [7, 11) is -9.73. The van der Waals surface area contributed by atoms with Crippen molar-refractivity contribution in [1.82, 2.24) is 0 Å². The van der Waals surface area contributed by atoms with E-state index in [0.717, 1.165) is 44.4 Å². The van der Waals surface area contributed by atoms with E-state index in [1.54, 1.807) is 12.2 Å².